The lowest BCUT2D eigenvalue weighted by Crippen LogP contribution is -2.38. The van der Waals surface area contributed by atoms with Crippen molar-refractivity contribution in [3.63, 3.8) is 0 Å². The first-order valence-electron chi connectivity index (χ1n) is 4.97. The van der Waals surface area contributed by atoms with Crippen LogP contribution in [0.15, 0.2) is 0 Å². The summed E-state index contributed by atoms with van der Waals surface area (Å²) in [4.78, 5) is 21.6. The van der Waals surface area contributed by atoms with Gasteiger partial charge in [-0.15, -0.1) is 0 Å². The highest BCUT2D eigenvalue weighted by atomic mass is 32.2. The molecule has 0 rings (SSSR count). The van der Waals surface area contributed by atoms with Gasteiger partial charge in [-0.25, -0.2) is 8.42 Å². The monoisotopic (exact) mass is 266 g/mol. The summed E-state index contributed by atoms with van der Waals surface area (Å²) in [5.41, 5.74) is -2.85. The number of carboxylic acid groups (broad SMARTS) is 2. The van der Waals surface area contributed by atoms with Crippen LogP contribution in [0.25, 0.3) is 0 Å². The van der Waals surface area contributed by atoms with Gasteiger partial charge < -0.3 is 10.2 Å². The zero-order valence-electron chi connectivity index (χ0n) is 10.3. The van der Waals surface area contributed by atoms with Crippen LogP contribution in [-0.2, 0) is 19.4 Å². The molecule has 0 aliphatic heterocycles. The Morgan fingerprint density at radius 2 is 1.12 bits per heavy atom. The maximum absolute atomic E-state index is 11.7. The zero-order valence-corrected chi connectivity index (χ0v) is 11.2. The van der Waals surface area contributed by atoms with E-state index in [9.17, 15) is 18.0 Å². The van der Waals surface area contributed by atoms with Crippen LogP contribution in [0.1, 0.15) is 27.7 Å². The molecule has 6 nitrogen and oxygen atoms in total. The maximum atomic E-state index is 11.7. The Morgan fingerprint density at radius 1 is 0.882 bits per heavy atom. The van der Waals surface area contributed by atoms with Gasteiger partial charge in [0.25, 0.3) is 0 Å². The van der Waals surface area contributed by atoms with E-state index in [0.29, 0.717) is 0 Å². The number of carboxylic acids is 2. The average Bonchev–Trinajstić information content (AvgIpc) is 1.98. The smallest absolute Gasteiger partial charge is 0.310 e. The third-order valence-electron chi connectivity index (χ3n) is 2.32. The average molecular weight is 266 g/mol. The Morgan fingerprint density at radius 3 is 1.29 bits per heavy atom. The minimum atomic E-state index is -3.75. The van der Waals surface area contributed by atoms with Crippen molar-refractivity contribution in [2.24, 2.45) is 10.8 Å². The maximum Gasteiger partial charge on any atom is 0.310 e. The Balaban J connectivity index is 4.97. The molecule has 2 N–H and O–H groups in total. The van der Waals surface area contributed by atoms with Gasteiger partial charge in [-0.05, 0) is 27.7 Å². The van der Waals surface area contributed by atoms with Gasteiger partial charge in [0.15, 0.2) is 9.84 Å². The summed E-state index contributed by atoms with van der Waals surface area (Å²) in [7, 11) is -3.75. The first kappa shape index (κ1) is 15.9. The topological polar surface area (TPSA) is 109 Å². The third kappa shape index (κ3) is 4.72. The Kier molecular flexibility index (Phi) is 4.33. The summed E-state index contributed by atoms with van der Waals surface area (Å²) >= 11 is 0. The largest absolute Gasteiger partial charge is 0.481 e. The lowest BCUT2D eigenvalue weighted by atomic mass is 9.97. The number of sulfone groups is 1. The lowest BCUT2D eigenvalue weighted by molar-refractivity contribution is -0.146. The number of hydrogen-bond acceptors (Lipinski definition) is 4. The van der Waals surface area contributed by atoms with Gasteiger partial charge in [0.1, 0.15) is 0 Å². The predicted octanol–water partition coefficient (Wildman–Crippen LogP) is 0.623. The van der Waals surface area contributed by atoms with Crippen LogP contribution >= 0.6 is 0 Å². The van der Waals surface area contributed by atoms with Gasteiger partial charge in [-0.3, -0.25) is 9.59 Å². The first-order chi connectivity index (χ1) is 7.30. The van der Waals surface area contributed by atoms with Crippen molar-refractivity contribution in [1.29, 1.82) is 0 Å². The molecule has 0 saturated heterocycles. The molecular weight excluding hydrogens is 248 g/mol. The van der Waals surface area contributed by atoms with Gasteiger partial charge in [0.2, 0.25) is 0 Å². The van der Waals surface area contributed by atoms with E-state index < -0.39 is 44.1 Å². The Hall–Kier alpha value is -1.11. The molecule has 0 unspecified atom stereocenters. The molecule has 0 heterocycles. The number of carbonyl (C=O) groups is 2. The van der Waals surface area contributed by atoms with Crippen molar-refractivity contribution in [2.45, 2.75) is 27.7 Å². The van der Waals surface area contributed by atoms with Crippen molar-refractivity contribution in [1.82, 2.24) is 0 Å². The van der Waals surface area contributed by atoms with Crippen molar-refractivity contribution in [3.05, 3.63) is 0 Å². The number of hydrogen-bond donors (Lipinski definition) is 2. The van der Waals surface area contributed by atoms with E-state index in [1.54, 1.807) is 0 Å². The fourth-order valence-electron chi connectivity index (χ4n) is 1.27. The zero-order chi connectivity index (χ0) is 14.1. The van der Waals surface area contributed by atoms with Gasteiger partial charge >= 0.3 is 11.9 Å². The summed E-state index contributed by atoms with van der Waals surface area (Å²) in [6.07, 6.45) is 0. The number of aliphatic carboxylic acids is 2. The standard InChI is InChI=1S/C10H18O6S/c1-9(2,7(11)12)5-17(15,16)6-10(3,4)8(13)14/h5-6H2,1-4H3,(H,11,12)(H,13,14). The van der Waals surface area contributed by atoms with Crippen LogP contribution in [0.3, 0.4) is 0 Å². The molecule has 0 bridgehead atoms. The van der Waals surface area contributed by atoms with Crippen LogP contribution in [0, 0.1) is 10.8 Å². The van der Waals surface area contributed by atoms with Crippen LogP contribution < -0.4 is 0 Å². The summed E-state index contributed by atoms with van der Waals surface area (Å²) in [6.45, 7) is 5.17. The molecule has 0 saturated carbocycles. The van der Waals surface area contributed by atoms with E-state index >= 15 is 0 Å². The van der Waals surface area contributed by atoms with Crippen molar-refractivity contribution >= 4 is 21.8 Å². The molecule has 0 radical (unpaired) electrons. The highest BCUT2D eigenvalue weighted by Gasteiger charge is 2.38. The molecule has 0 aliphatic rings. The summed E-state index contributed by atoms with van der Waals surface area (Å²) in [5, 5.41) is 17.7. The molecule has 100 valence electrons. The SMILES string of the molecule is CC(C)(CS(=O)(=O)CC(C)(C)C(=O)O)C(=O)O. The quantitative estimate of drug-likeness (QED) is 0.729. The highest BCUT2D eigenvalue weighted by molar-refractivity contribution is 7.91. The Bertz CT molecular complexity index is 384. The minimum absolute atomic E-state index is 0.577. The Labute approximate surface area is 101 Å². The van der Waals surface area contributed by atoms with Crippen molar-refractivity contribution < 1.29 is 28.2 Å². The molecule has 0 aromatic rings. The van der Waals surface area contributed by atoms with E-state index in [-0.39, 0.29) is 0 Å². The molecule has 0 atom stereocenters. The summed E-state index contributed by atoms with van der Waals surface area (Å²) in [6, 6.07) is 0. The van der Waals surface area contributed by atoms with Crippen LogP contribution in [0.5, 0.6) is 0 Å². The van der Waals surface area contributed by atoms with Gasteiger partial charge in [-0.2, -0.15) is 0 Å². The second-order valence-corrected chi connectivity index (χ2v) is 7.47. The van der Waals surface area contributed by atoms with Crippen LogP contribution in [-0.4, -0.2) is 42.1 Å². The molecule has 0 aromatic carbocycles. The lowest BCUT2D eigenvalue weighted by Gasteiger charge is -2.23. The summed E-state index contributed by atoms with van der Waals surface area (Å²) < 4.78 is 23.5. The van der Waals surface area contributed by atoms with Crippen LogP contribution in [0.4, 0.5) is 0 Å². The predicted molar refractivity (Wildman–Crippen MR) is 61.5 cm³/mol. The van der Waals surface area contributed by atoms with E-state index in [0.717, 1.165) is 0 Å². The second kappa shape index (κ2) is 4.64. The summed E-state index contributed by atoms with van der Waals surface area (Å²) in [5.74, 6) is -3.61. The van der Waals surface area contributed by atoms with Crippen LogP contribution in [0.2, 0.25) is 0 Å². The molecule has 17 heavy (non-hydrogen) atoms. The fraction of sp³-hybridized carbons (Fsp3) is 0.800. The number of rotatable bonds is 6. The van der Waals surface area contributed by atoms with Gasteiger partial charge in [0, 0.05) is 0 Å². The molecule has 7 heteroatoms. The second-order valence-electron chi connectivity index (χ2n) is 5.41. The molecule has 0 fully saturated rings. The van der Waals surface area contributed by atoms with E-state index in [1.807, 2.05) is 0 Å². The fourth-order valence-corrected chi connectivity index (χ4v) is 3.82. The molecule has 0 spiro atoms. The van der Waals surface area contributed by atoms with Crippen molar-refractivity contribution in [2.75, 3.05) is 11.5 Å². The van der Waals surface area contributed by atoms with Gasteiger partial charge in [0.05, 0.1) is 22.3 Å². The molecule has 0 aromatic heterocycles. The third-order valence-corrected chi connectivity index (χ3v) is 4.64. The van der Waals surface area contributed by atoms with E-state index in [4.69, 9.17) is 10.2 Å². The first-order valence-corrected chi connectivity index (χ1v) is 6.79. The normalized spacial score (nSPS) is 13.4. The molecular formula is C10H18O6S. The van der Waals surface area contributed by atoms with E-state index in [2.05, 4.69) is 0 Å². The molecule has 0 aliphatic carbocycles. The molecule has 0 amide bonds. The highest BCUT2D eigenvalue weighted by Crippen LogP contribution is 2.24. The van der Waals surface area contributed by atoms with Crippen molar-refractivity contribution in [3.8, 4) is 0 Å². The van der Waals surface area contributed by atoms with E-state index in [1.165, 1.54) is 27.7 Å². The van der Waals surface area contributed by atoms with Gasteiger partial charge in [-0.1, -0.05) is 0 Å². The minimum Gasteiger partial charge on any atom is -0.481 e.